The number of halogens is 1. The Balaban J connectivity index is 1.50. The van der Waals surface area contributed by atoms with Crippen LogP contribution in [0.4, 0.5) is 5.69 Å². The fourth-order valence-electron chi connectivity index (χ4n) is 6.51. The largest absolute Gasteiger partial charge is 0.495 e. The number of benzene rings is 2. The summed E-state index contributed by atoms with van der Waals surface area (Å²) in [4.78, 5) is 20.6. The molecule has 4 aromatic rings. The van der Waals surface area contributed by atoms with Gasteiger partial charge in [0.2, 0.25) is 5.91 Å². The van der Waals surface area contributed by atoms with Crippen LogP contribution in [0, 0.1) is 13.8 Å². The quantitative estimate of drug-likeness (QED) is 0.279. The Labute approximate surface area is 238 Å². The molecule has 40 heavy (non-hydrogen) atoms. The number of hydrogen-bond donors (Lipinski definition) is 1. The molecule has 1 atom stereocenters. The lowest BCUT2D eigenvalue weighted by atomic mass is 9.83. The molecule has 1 saturated carbocycles. The van der Waals surface area contributed by atoms with Crippen LogP contribution >= 0.6 is 11.6 Å². The molecule has 1 aliphatic heterocycles. The Morgan fingerprint density at radius 3 is 2.58 bits per heavy atom. The van der Waals surface area contributed by atoms with Gasteiger partial charge in [-0.05, 0) is 95.2 Å². The lowest BCUT2D eigenvalue weighted by Gasteiger charge is -2.38. The van der Waals surface area contributed by atoms with Gasteiger partial charge >= 0.3 is 0 Å². The third-order valence-corrected chi connectivity index (χ3v) is 8.89. The zero-order valence-electron chi connectivity index (χ0n) is 23.4. The zero-order chi connectivity index (χ0) is 28.2. The van der Waals surface area contributed by atoms with Crippen LogP contribution in [0.2, 0.25) is 5.02 Å². The molecule has 2 aliphatic rings. The Bertz CT molecular complexity index is 1560. The molecule has 3 heterocycles. The molecule has 1 aliphatic carbocycles. The van der Waals surface area contributed by atoms with Crippen molar-refractivity contribution in [3.8, 4) is 16.9 Å². The molecule has 0 unspecified atom stereocenters. The van der Waals surface area contributed by atoms with Gasteiger partial charge in [0.25, 0.3) is 0 Å². The van der Waals surface area contributed by atoms with E-state index in [0.717, 1.165) is 83.7 Å². The second kappa shape index (κ2) is 10.2. The molecule has 2 aromatic heterocycles. The summed E-state index contributed by atoms with van der Waals surface area (Å²) in [5, 5.41) is 15.3. The highest BCUT2D eigenvalue weighted by Crippen LogP contribution is 2.43. The number of ether oxygens (including phenoxy) is 1. The van der Waals surface area contributed by atoms with E-state index in [9.17, 15) is 9.90 Å². The van der Waals surface area contributed by atoms with Gasteiger partial charge in [-0.3, -0.25) is 4.79 Å². The SMILES string of the molecule is COc1ccc(N2C(=O)CCC[C@H]2c2nc3cc(-c4c(C)noc4C)ccc3n2C2CCC(C)(O)CC2)cc1Cl. The van der Waals surface area contributed by atoms with Crippen molar-refractivity contribution >= 4 is 34.2 Å². The number of imidazole rings is 1. The Hall–Kier alpha value is -3.36. The van der Waals surface area contributed by atoms with Crippen LogP contribution in [-0.4, -0.2) is 38.4 Å². The van der Waals surface area contributed by atoms with Crippen LogP contribution in [0.25, 0.3) is 22.2 Å². The second-order valence-corrected chi connectivity index (χ2v) is 11.9. The van der Waals surface area contributed by atoms with Gasteiger partial charge in [0.05, 0.1) is 40.5 Å². The van der Waals surface area contributed by atoms with Gasteiger partial charge in [-0.1, -0.05) is 22.8 Å². The summed E-state index contributed by atoms with van der Waals surface area (Å²) in [6.45, 7) is 5.78. The highest BCUT2D eigenvalue weighted by molar-refractivity contribution is 6.32. The summed E-state index contributed by atoms with van der Waals surface area (Å²) in [7, 11) is 1.58. The molecule has 2 fully saturated rings. The molecule has 9 heteroatoms. The van der Waals surface area contributed by atoms with Crippen LogP contribution in [0.3, 0.4) is 0 Å². The number of rotatable bonds is 5. The van der Waals surface area contributed by atoms with Gasteiger partial charge in [0, 0.05) is 23.7 Å². The standard InChI is InChI=1S/C31H35ClN4O4/c1-18-29(19(2)40-34-18)20-8-10-25-24(16-20)33-30(36(25)21-12-14-31(3,38)15-13-21)26-6-5-7-28(37)35(26)22-9-11-27(39-4)23(32)17-22/h8-11,16-17,21,26,38H,5-7,12-15H2,1-4H3/t21?,26-,31?/m0/s1. The number of carbonyl (C=O) groups is 1. The van der Waals surface area contributed by atoms with Crippen molar-refractivity contribution in [2.75, 3.05) is 12.0 Å². The first-order valence-electron chi connectivity index (χ1n) is 14.0. The van der Waals surface area contributed by atoms with Crippen molar-refractivity contribution in [3.63, 3.8) is 0 Å². The van der Waals surface area contributed by atoms with E-state index in [0.29, 0.717) is 17.2 Å². The van der Waals surface area contributed by atoms with E-state index in [1.54, 1.807) is 19.2 Å². The van der Waals surface area contributed by atoms with Gasteiger partial charge in [-0.15, -0.1) is 0 Å². The number of anilines is 1. The summed E-state index contributed by atoms with van der Waals surface area (Å²) in [5.41, 5.74) is 4.81. The fourth-order valence-corrected chi connectivity index (χ4v) is 6.77. The van der Waals surface area contributed by atoms with Crippen molar-refractivity contribution < 1.29 is 19.2 Å². The first-order chi connectivity index (χ1) is 19.2. The van der Waals surface area contributed by atoms with Gasteiger partial charge < -0.3 is 23.8 Å². The molecule has 2 aromatic carbocycles. The summed E-state index contributed by atoms with van der Waals surface area (Å²) in [6.07, 6.45) is 5.17. The molecule has 1 N–H and O–H groups in total. The summed E-state index contributed by atoms with van der Waals surface area (Å²) >= 11 is 6.51. The predicted molar refractivity (Wildman–Crippen MR) is 155 cm³/mol. The first kappa shape index (κ1) is 26.8. The lowest BCUT2D eigenvalue weighted by molar-refractivity contribution is -0.120. The number of piperidine rings is 1. The van der Waals surface area contributed by atoms with E-state index < -0.39 is 5.60 Å². The molecular weight excluding hydrogens is 528 g/mol. The van der Waals surface area contributed by atoms with E-state index in [1.165, 1.54) is 0 Å². The number of fused-ring (bicyclic) bond motifs is 1. The minimum atomic E-state index is -0.657. The predicted octanol–water partition coefficient (Wildman–Crippen LogP) is 7.09. The van der Waals surface area contributed by atoms with E-state index in [4.69, 9.17) is 25.8 Å². The van der Waals surface area contributed by atoms with Crippen molar-refractivity contribution in [2.24, 2.45) is 0 Å². The van der Waals surface area contributed by atoms with Gasteiger partial charge in [-0.25, -0.2) is 4.98 Å². The molecule has 210 valence electrons. The highest BCUT2D eigenvalue weighted by atomic mass is 35.5. The second-order valence-electron chi connectivity index (χ2n) is 11.5. The molecule has 1 saturated heterocycles. The maximum atomic E-state index is 13.5. The van der Waals surface area contributed by atoms with Crippen LogP contribution in [0.5, 0.6) is 5.75 Å². The summed E-state index contributed by atoms with van der Waals surface area (Å²) in [5.74, 6) is 2.27. The van der Waals surface area contributed by atoms with Crippen LogP contribution in [-0.2, 0) is 4.79 Å². The maximum absolute atomic E-state index is 13.5. The molecule has 0 bridgehead atoms. The first-order valence-corrected chi connectivity index (χ1v) is 14.4. The van der Waals surface area contributed by atoms with Gasteiger partial charge in [0.1, 0.15) is 17.3 Å². The smallest absolute Gasteiger partial charge is 0.227 e. The molecular formula is C31H35ClN4O4. The zero-order valence-corrected chi connectivity index (χ0v) is 24.2. The number of aliphatic hydroxyl groups is 1. The third-order valence-electron chi connectivity index (χ3n) is 8.60. The fraction of sp³-hybridized carbons (Fsp3) is 0.452. The van der Waals surface area contributed by atoms with Gasteiger partial charge in [-0.2, -0.15) is 0 Å². The van der Waals surface area contributed by atoms with Crippen LogP contribution < -0.4 is 9.64 Å². The number of carbonyl (C=O) groups excluding carboxylic acids is 1. The van der Waals surface area contributed by atoms with Gasteiger partial charge in [0.15, 0.2) is 0 Å². The Morgan fingerprint density at radius 1 is 1.12 bits per heavy atom. The maximum Gasteiger partial charge on any atom is 0.227 e. The topological polar surface area (TPSA) is 93.6 Å². The average molecular weight is 563 g/mol. The normalized spacial score (nSPS) is 23.6. The minimum Gasteiger partial charge on any atom is -0.495 e. The number of nitrogens with zero attached hydrogens (tertiary/aromatic N) is 4. The molecule has 6 rings (SSSR count). The van der Waals surface area contributed by atoms with E-state index in [1.807, 2.05) is 31.7 Å². The number of hydrogen-bond acceptors (Lipinski definition) is 6. The average Bonchev–Trinajstić information content (AvgIpc) is 3.47. The highest BCUT2D eigenvalue weighted by Gasteiger charge is 2.37. The molecule has 1 amide bonds. The molecule has 8 nitrogen and oxygen atoms in total. The summed E-state index contributed by atoms with van der Waals surface area (Å²) in [6, 6.07) is 11.7. The van der Waals surface area contributed by atoms with Crippen LogP contribution in [0.1, 0.15) is 81.2 Å². The van der Waals surface area contributed by atoms with E-state index in [-0.39, 0.29) is 18.0 Å². The van der Waals surface area contributed by atoms with Crippen molar-refractivity contribution in [1.29, 1.82) is 0 Å². The lowest BCUT2D eigenvalue weighted by Crippen LogP contribution is -2.40. The number of aryl methyl sites for hydroxylation is 2. The van der Waals surface area contributed by atoms with Crippen molar-refractivity contribution in [1.82, 2.24) is 14.7 Å². The molecule has 0 radical (unpaired) electrons. The van der Waals surface area contributed by atoms with Crippen LogP contribution in [0.15, 0.2) is 40.9 Å². The third kappa shape index (κ3) is 4.67. The van der Waals surface area contributed by atoms with E-state index >= 15 is 0 Å². The monoisotopic (exact) mass is 562 g/mol. The van der Waals surface area contributed by atoms with Crippen molar-refractivity contribution in [3.05, 3.63) is 58.7 Å². The Kier molecular flexibility index (Phi) is 6.87. The summed E-state index contributed by atoms with van der Waals surface area (Å²) < 4.78 is 13.1. The number of amides is 1. The number of methoxy groups -OCH3 is 1. The molecule has 0 spiro atoms. The minimum absolute atomic E-state index is 0.0547. The number of aromatic nitrogens is 3. The Morgan fingerprint density at radius 2 is 1.90 bits per heavy atom. The van der Waals surface area contributed by atoms with E-state index in [2.05, 4.69) is 27.9 Å². The van der Waals surface area contributed by atoms with Crippen molar-refractivity contribution in [2.45, 2.75) is 83.4 Å².